The lowest BCUT2D eigenvalue weighted by molar-refractivity contribution is -0.113. The molecule has 0 aliphatic heterocycles. The van der Waals surface area contributed by atoms with Gasteiger partial charge in [0.05, 0.1) is 21.5 Å². The van der Waals surface area contributed by atoms with Crippen molar-refractivity contribution in [1.82, 2.24) is 0 Å². The minimum atomic E-state index is -0.117. The molecule has 2 aromatic rings. The molecule has 0 heterocycles. The fourth-order valence-electron chi connectivity index (χ4n) is 1.76. The molecule has 0 radical (unpaired) electrons. The van der Waals surface area contributed by atoms with E-state index >= 15 is 0 Å². The molecule has 22 heavy (non-hydrogen) atoms. The minimum Gasteiger partial charge on any atom is -0.323 e. The molecule has 0 unspecified atom stereocenters. The van der Waals surface area contributed by atoms with Gasteiger partial charge >= 0.3 is 0 Å². The first kappa shape index (κ1) is 16.9. The number of amides is 1. The molecule has 5 heteroatoms. The first-order valence-corrected chi connectivity index (χ1v) is 8.61. The average Bonchev–Trinajstić information content (AvgIpc) is 2.52. The van der Waals surface area contributed by atoms with Crippen LogP contribution in [0.25, 0.3) is 6.08 Å². The summed E-state index contributed by atoms with van der Waals surface area (Å²) < 4.78 is 0. The molecule has 2 aromatic carbocycles. The van der Waals surface area contributed by atoms with Gasteiger partial charge in [-0.25, -0.2) is 0 Å². The molecule has 0 bridgehead atoms. The number of halogens is 2. The molecule has 0 aliphatic rings. The van der Waals surface area contributed by atoms with Crippen LogP contribution < -0.4 is 5.32 Å². The summed E-state index contributed by atoms with van der Waals surface area (Å²) in [6.07, 6.45) is 4.07. The molecule has 0 aliphatic carbocycles. The lowest BCUT2D eigenvalue weighted by atomic mass is 10.2. The highest BCUT2D eigenvalue weighted by Crippen LogP contribution is 2.29. The third-order valence-electron chi connectivity index (χ3n) is 2.78. The van der Waals surface area contributed by atoms with Crippen molar-refractivity contribution in [3.05, 3.63) is 70.2 Å². The van der Waals surface area contributed by atoms with Gasteiger partial charge in [0.1, 0.15) is 0 Å². The predicted molar refractivity (Wildman–Crippen MR) is 97.9 cm³/mol. The van der Waals surface area contributed by atoms with E-state index in [4.69, 9.17) is 23.2 Å². The van der Waals surface area contributed by atoms with Crippen LogP contribution in [0.4, 0.5) is 5.69 Å². The molecule has 114 valence electrons. The smallest absolute Gasteiger partial charge is 0.234 e. The van der Waals surface area contributed by atoms with Gasteiger partial charge in [0.15, 0.2) is 0 Å². The highest BCUT2D eigenvalue weighted by Gasteiger charge is 2.08. The Morgan fingerprint density at radius 2 is 1.73 bits per heavy atom. The Kier molecular flexibility index (Phi) is 6.84. The zero-order valence-corrected chi connectivity index (χ0v) is 14.1. The molecule has 0 saturated heterocycles. The topological polar surface area (TPSA) is 29.1 Å². The summed E-state index contributed by atoms with van der Waals surface area (Å²) in [7, 11) is 0. The van der Waals surface area contributed by atoms with E-state index in [9.17, 15) is 4.79 Å². The zero-order chi connectivity index (χ0) is 15.8. The first-order chi connectivity index (χ1) is 10.7. The summed E-state index contributed by atoms with van der Waals surface area (Å²) in [4.78, 5) is 11.9. The van der Waals surface area contributed by atoms with Gasteiger partial charge in [0.25, 0.3) is 0 Å². The van der Waals surface area contributed by atoms with E-state index in [1.165, 1.54) is 11.8 Å². The second-order valence-electron chi connectivity index (χ2n) is 4.47. The maximum absolute atomic E-state index is 11.9. The van der Waals surface area contributed by atoms with Gasteiger partial charge in [-0.05, 0) is 17.7 Å². The molecule has 0 atom stereocenters. The van der Waals surface area contributed by atoms with E-state index in [1.54, 1.807) is 18.2 Å². The largest absolute Gasteiger partial charge is 0.323 e. The van der Waals surface area contributed by atoms with Gasteiger partial charge in [-0.1, -0.05) is 71.8 Å². The molecule has 0 aromatic heterocycles. The number of rotatable bonds is 6. The van der Waals surface area contributed by atoms with E-state index < -0.39 is 0 Å². The Hall–Kier alpha value is -1.42. The number of anilines is 1. The summed E-state index contributed by atoms with van der Waals surface area (Å²) in [5.74, 6) is 0.993. The van der Waals surface area contributed by atoms with Crippen LogP contribution in [-0.4, -0.2) is 17.4 Å². The quantitative estimate of drug-likeness (QED) is 0.708. The van der Waals surface area contributed by atoms with Crippen LogP contribution in [0.3, 0.4) is 0 Å². The van der Waals surface area contributed by atoms with E-state index in [1.807, 2.05) is 42.5 Å². The van der Waals surface area contributed by atoms with Crippen molar-refractivity contribution in [3.63, 3.8) is 0 Å². The van der Waals surface area contributed by atoms with Crippen LogP contribution in [0.1, 0.15) is 5.56 Å². The zero-order valence-electron chi connectivity index (χ0n) is 11.8. The maximum Gasteiger partial charge on any atom is 0.234 e. The van der Waals surface area contributed by atoms with Crippen LogP contribution in [-0.2, 0) is 4.79 Å². The van der Waals surface area contributed by atoms with Gasteiger partial charge in [-0.15, -0.1) is 11.8 Å². The number of carbonyl (C=O) groups excluding carboxylic acids is 1. The molecule has 1 N–H and O–H groups in total. The van der Waals surface area contributed by atoms with Crippen molar-refractivity contribution >= 4 is 52.6 Å². The number of benzene rings is 2. The molecule has 2 nitrogen and oxygen atoms in total. The van der Waals surface area contributed by atoms with Gasteiger partial charge in [-0.3, -0.25) is 4.79 Å². The number of hydrogen-bond donors (Lipinski definition) is 1. The Balaban J connectivity index is 1.75. The standard InChI is InChI=1S/C17H15Cl2NOS/c18-14-9-4-10-15(19)17(14)20-16(21)12-22-11-5-8-13-6-2-1-3-7-13/h1-10H,11-12H2,(H,20,21)/b8-5+. The SMILES string of the molecule is O=C(CSC/C=C/c1ccccc1)Nc1c(Cl)cccc1Cl. The fourth-order valence-corrected chi connectivity index (χ4v) is 2.86. The van der Waals surface area contributed by atoms with Crippen LogP contribution >= 0.6 is 35.0 Å². The first-order valence-electron chi connectivity index (χ1n) is 6.70. The molecular formula is C17H15Cl2NOS. The Morgan fingerprint density at radius 1 is 1.05 bits per heavy atom. The number of hydrogen-bond acceptors (Lipinski definition) is 2. The summed E-state index contributed by atoms with van der Waals surface area (Å²) in [5.41, 5.74) is 1.62. The molecule has 0 spiro atoms. The molecular weight excluding hydrogens is 337 g/mol. The van der Waals surface area contributed by atoms with Crippen molar-refractivity contribution in [2.24, 2.45) is 0 Å². The number of carbonyl (C=O) groups is 1. The summed E-state index contributed by atoms with van der Waals surface area (Å²) in [5, 5.41) is 3.62. The van der Waals surface area contributed by atoms with Crippen molar-refractivity contribution < 1.29 is 4.79 Å². The van der Waals surface area contributed by atoms with Gasteiger partial charge < -0.3 is 5.32 Å². The van der Waals surface area contributed by atoms with Crippen molar-refractivity contribution in [3.8, 4) is 0 Å². The van der Waals surface area contributed by atoms with Crippen molar-refractivity contribution in [1.29, 1.82) is 0 Å². The third-order valence-corrected chi connectivity index (χ3v) is 4.31. The van der Waals surface area contributed by atoms with E-state index in [0.29, 0.717) is 21.5 Å². The predicted octanol–water partition coefficient (Wildman–Crippen LogP) is 5.38. The monoisotopic (exact) mass is 351 g/mol. The third kappa shape index (κ3) is 5.41. The maximum atomic E-state index is 11.9. The molecule has 2 rings (SSSR count). The van der Waals surface area contributed by atoms with Crippen LogP contribution in [0.2, 0.25) is 10.0 Å². The second kappa shape index (κ2) is 8.89. The highest BCUT2D eigenvalue weighted by atomic mass is 35.5. The van der Waals surface area contributed by atoms with Crippen LogP contribution in [0.15, 0.2) is 54.6 Å². The van der Waals surface area contributed by atoms with Gasteiger partial charge in [-0.2, -0.15) is 0 Å². The summed E-state index contributed by atoms with van der Waals surface area (Å²) in [6.45, 7) is 0. The fraction of sp³-hybridized carbons (Fsp3) is 0.118. The minimum absolute atomic E-state index is 0.117. The van der Waals surface area contributed by atoms with Gasteiger partial charge in [0, 0.05) is 5.75 Å². The van der Waals surface area contributed by atoms with Gasteiger partial charge in [0.2, 0.25) is 5.91 Å². The van der Waals surface area contributed by atoms with Crippen molar-refractivity contribution in [2.75, 3.05) is 16.8 Å². The lowest BCUT2D eigenvalue weighted by Crippen LogP contribution is -2.14. The van der Waals surface area contributed by atoms with Crippen molar-refractivity contribution in [2.45, 2.75) is 0 Å². The number of nitrogens with one attached hydrogen (secondary N) is 1. The summed E-state index contributed by atoms with van der Waals surface area (Å²) >= 11 is 13.5. The number of para-hydroxylation sites is 1. The number of thioether (sulfide) groups is 1. The van der Waals surface area contributed by atoms with Crippen LogP contribution in [0.5, 0.6) is 0 Å². The Bertz CT molecular complexity index is 639. The Labute approximate surface area is 144 Å². The van der Waals surface area contributed by atoms with E-state index in [0.717, 1.165) is 11.3 Å². The lowest BCUT2D eigenvalue weighted by Gasteiger charge is -2.08. The molecule has 0 fully saturated rings. The molecule has 1 amide bonds. The molecule has 0 saturated carbocycles. The van der Waals surface area contributed by atoms with E-state index in [-0.39, 0.29) is 5.91 Å². The average molecular weight is 352 g/mol. The van der Waals surface area contributed by atoms with Crippen LogP contribution in [0, 0.1) is 0 Å². The second-order valence-corrected chi connectivity index (χ2v) is 6.32. The Morgan fingerprint density at radius 3 is 2.41 bits per heavy atom. The highest BCUT2D eigenvalue weighted by molar-refractivity contribution is 8.00. The summed E-state index contributed by atoms with van der Waals surface area (Å²) in [6, 6.07) is 15.2. The van der Waals surface area contributed by atoms with E-state index in [2.05, 4.69) is 5.32 Å². The normalized spacial score (nSPS) is 10.8.